The number of likely N-dealkylation sites (N-methyl/N-ethyl adjacent to an activating group) is 2. The molecule has 0 fully saturated rings. The Kier molecular flexibility index (Phi) is 5.06. The van der Waals surface area contributed by atoms with Gasteiger partial charge >= 0.3 is 0 Å². The van der Waals surface area contributed by atoms with Gasteiger partial charge in [0.25, 0.3) is 0 Å². The van der Waals surface area contributed by atoms with Gasteiger partial charge in [0.05, 0.1) is 23.3 Å². The third-order valence-electron chi connectivity index (χ3n) is 4.11. The van der Waals surface area contributed by atoms with Crippen molar-refractivity contribution in [3.63, 3.8) is 0 Å². The summed E-state index contributed by atoms with van der Waals surface area (Å²) in [6, 6.07) is 11.5. The number of halogens is 1. The highest BCUT2D eigenvalue weighted by atomic mass is 35.5. The maximum Gasteiger partial charge on any atom is 0.240 e. The predicted octanol–water partition coefficient (Wildman–Crippen LogP) is 3.76. The number of H-pyrrole nitrogens is 1. The molecule has 0 atom stereocenters. The Morgan fingerprint density at radius 1 is 1.28 bits per heavy atom. The van der Waals surface area contributed by atoms with Gasteiger partial charge in [0, 0.05) is 17.6 Å². The number of aryl methyl sites for hydroxylation is 1. The zero-order chi connectivity index (χ0) is 18.0. The molecule has 0 radical (unpaired) electrons. The van der Waals surface area contributed by atoms with E-state index in [1.807, 2.05) is 50.2 Å². The van der Waals surface area contributed by atoms with Gasteiger partial charge in [-0.15, -0.1) is 0 Å². The van der Waals surface area contributed by atoms with Crippen molar-refractivity contribution in [3.8, 4) is 11.4 Å². The van der Waals surface area contributed by atoms with E-state index in [-0.39, 0.29) is 5.91 Å². The van der Waals surface area contributed by atoms with Crippen LogP contribution in [0.15, 0.2) is 36.4 Å². The molecule has 2 aromatic carbocycles. The fourth-order valence-corrected chi connectivity index (χ4v) is 2.90. The van der Waals surface area contributed by atoms with Crippen LogP contribution in [0.4, 0.5) is 5.69 Å². The Balaban J connectivity index is 2.05. The van der Waals surface area contributed by atoms with Crippen molar-refractivity contribution in [2.75, 3.05) is 25.0 Å². The summed E-state index contributed by atoms with van der Waals surface area (Å²) in [7, 11) is 1.79. The molecule has 25 heavy (non-hydrogen) atoms. The largest absolute Gasteiger partial charge is 0.338 e. The van der Waals surface area contributed by atoms with Gasteiger partial charge in [-0.1, -0.05) is 30.2 Å². The fourth-order valence-electron chi connectivity index (χ4n) is 2.73. The van der Waals surface area contributed by atoms with E-state index in [1.54, 1.807) is 11.9 Å². The third kappa shape index (κ3) is 3.67. The molecule has 0 saturated carbocycles. The van der Waals surface area contributed by atoms with Gasteiger partial charge in [-0.2, -0.15) is 0 Å². The quantitative estimate of drug-likeness (QED) is 0.731. The first-order valence-corrected chi connectivity index (χ1v) is 8.61. The van der Waals surface area contributed by atoms with Crippen molar-refractivity contribution in [3.05, 3.63) is 47.0 Å². The number of carbonyl (C=O) groups excluding carboxylic acids is 1. The van der Waals surface area contributed by atoms with E-state index in [0.717, 1.165) is 40.2 Å². The number of aromatic amines is 1. The van der Waals surface area contributed by atoms with Gasteiger partial charge < -0.3 is 15.2 Å². The molecule has 3 aromatic rings. The summed E-state index contributed by atoms with van der Waals surface area (Å²) in [5, 5.41) is 3.73. The minimum atomic E-state index is 0.00566. The monoisotopic (exact) mass is 356 g/mol. The number of hydrogen-bond acceptors (Lipinski definition) is 3. The number of carbonyl (C=O) groups is 1. The van der Waals surface area contributed by atoms with Gasteiger partial charge in [-0.05, 0) is 43.8 Å². The zero-order valence-corrected chi connectivity index (χ0v) is 15.3. The number of fused-ring (bicyclic) bond motifs is 1. The van der Waals surface area contributed by atoms with Crippen LogP contribution in [0.25, 0.3) is 22.4 Å². The van der Waals surface area contributed by atoms with Crippen LogP contribution in [0.2, 0.25) is 5.02 Å². The maximum atomic E-state index is 12.4. The molecule has 0 saturated heterocycles. The summed E-state index contributed by atoms with van der Waals surface area (Å²) in [5.74, 6) is 0.727. The molecule has 1 amide bonds. The molecule has 1 aromatic heterocycles. The average Bonchev–Trinajstić information content (AvgIpc) is 3.02. The molecule has 0 unspecified atom stereocenters. The first kappa shape index (κ1) is 17.5. The number of rotatable bonds is 5. The van der Waals surface area contributed by atoms with Crippen LogP contribution in [0.5, 0.6) is 0 Å². The number of hydrogen-bond donors (Lipinski definition) is 2. The van der Waals surface area contributed by atoms with E-state index < -0.39 is 0 Å². The van der Waals surface area contributed by atoms with Crippen molar-refractivity contribution in [2.45, 2.75) is 13.8 Å². The van der Waals surface area contributed by atoms with Gasteiger partial charge in [0.1, 0.15) is 5.82 Å². The second kappa shape index (κ2) is 7.25. The summed E-state index contributed by atoms with van der Waals surface area (Å²) in [4.78, 5) is 22.0. The topological polar surface area (TPSA) is 61.0 Å². The molecule has 130 valence electrons. The standard InChI is InChI=1S/C19H21ClN4O/c1-4-21-11-18(25)24(3)17-8-5-12(2)9-14(17)19-22-15-7-6-13(20)10-16(15)23-19/h5-10,21H,4,11H2,1-3H3,(H,22,23). The summed E-state index contributed by atoms with van der Waals surface area (Å²) in [6.07, 6.45) is 0. The van der Waals surface area contributed by atoms with E-state index in [1.165, 1.54) is 0 Å². The number of nitrogens with one attached hydrogen (secondary N) is 2. The smallest absolute Gasteiger partial charge is 0.240 e. The van der Waals surface area contributed by atoms with E-state index in [2.05, 4.69) is 15.3 Å². The second-order valence-electron chi connectivity index (χ2n) is 6.00. The van der Waals surface area contributed by atoms with Gasteiger partial charge in [-0.25, -0.2) is 4.98 Å². The highest BCUT2D eigenvalue weighted by Gasteiger charge is 2.17. The number of benzene rings is 2. The lowest BCUT2D eigenvalue weighted by atomic mass is 10.1. The molecule has 6 heteroatoms. The van der Waals surface area contributed by atoms with E-state index >= 15 is 0 Å². The van der Waals surface area contributed by atoms with E-state index in [4.69, 9.17) is 11.6 Å². The minimum Gasteiger partial charge on any atom is -0.338 e. The van der Waals surface area contributed by atoms with Crippen molar-refractivity contribution in [1.29, 1.82) is 0 Å². The second-order valence-corrected chi connectivity index (χ2v) is 6.44. The molecule has 0 aliphatic heterocycles. The summed E-state index contributed by atoms with van der Waals surface area (Å²) in [6.45, 7) is 5.05. The Labute approximate surface area is 152 Å². The summed E-state index contributed by atoms with van der Waals surface area (Å²) in [5.41, 5.74) is 4.52. The maximum absolute atomic E-state index is 12.4. The molecular weight excluding hydrogens is 336 g/mol. The first-order chi connectivity index (χ1) is 12.0. The van der Waals surface area contributed by atoms with Crippen molar-refractivity contribution >= 4 is 34.2 Å². The van der Waals surface area contributed by atoms with Crippen LogP contribution in [-0.4, -0.2) is 36.0 Å². The Morgan fingerprint density at radius 3 is 2.84 bits per heavy atom. The number of imidazole rings is 1. The summed E-state index contributed by atoms with van der Waals surface area (Å²) >= 11 is 6.06. The average molecular weight is 357 g/mol. The van der Waals surface area contributed by atoms with Crippen LogP contribution in [0.3, 0.4) is 0 Å². The number of nitrogens with zero attached hydrogens (tertiary/aromatic N) is 2. The molecule has 3 rings (SSSR count). The number of aromatic nitrogens is 2. The lowest BCUT2D eigenvalue weighted by molar-refractivity contribution is -0.117. The van der Waals surface area contributed by atoms with Gasteiger partial charge in [-0.3, -0.25) is 4.79 Å². The van der Waals surface area contributed by atoms with Crippen LogP contribution < -0.4 is 10.2 Å². The van der Waals surface area contributed by atoms with Crippen LogP contribution in [0.1, 0.15) is 12.5 Å². The molecular formula is C19H21ClN4O. The van der Waals surface area contributed by atoms with E-state index in [9.17, 15) is 4.79 Å². The Hall–Kier alpha value is -2.37. The zero-order valence-electron chi connectivity index (χ0n) is 14.6. The summed E-state index contributed by atoms with van der Waals surface area (Å²) < 4.78 is 0. The minimum absolute atomic E-state index is 0.00566. The molecule has 0 spiro atoms. The Morgan fingerprint density at radius 2 is 2.08 bits per heavy atom. The molecule has 5 nitrogen and oxygen atoms in total. The fraction of sp³-hybridized carbons (Fsp3) is 0.263. The van der Waals surface area contributed by atoms with E-state index in [0.29, 0.717) is 11.6 Å². The molecule has 0 bridgehead atoms. The Bertz CT molecular complexity index is 919. The number of amides is 1. The molecule has 0 aliphatic carbocycles. The van der Waals surface area contributed by atoms with Crippen molar-refractivity contribution in [1.82, 2.24) is 15.3 Å². The first-order valence-electron chi connectivity index (χ1n) is 8.23. The third-order valence-corrected chi connectivity index (χ3v) is 4.35. The molecule has 1 heterocycles. The van der Waals surface area contributed by atoms with Gasteiger partial charge in [0.15, 0.2) is 0 Å². The van der Waals surface area contributed by atoms with Crippen LogP contribution >= 0.6 is 11.6 Å². The predicted molar refractivity (Wildman–Crippen MR) is 103 cm³/mol. The lowest BCUT2D eigenvalue weighted by Crippen LogP contribution is -2.35. The highest BCUT2D eigenvalue weighted by molar-refractivity contribution is 6.31. The highest BCUT2D eigenvalue weighted by Crippen LogP contribution is 2.31. The normalized spacial score (nSPS) is 11.0. The molecule has 2 N–H and O–H groups in total. The van der Waals surface area contributed by atoms with Crippen LogP contribution in [0, 0.1) is 6.92 Å². The lowest BCUT2D eigenvalue weighted by Gasteiger charge is -2.20. The molecule has 0 aliphatic rings. The van der Waals surface area contributed by atoms with Gasteiger partial charge in [0.2, 0.25) is 5.91 Å². The van der Waals surface area contributed by atoms with Crippen molar-refractivity contribution < 1.29 is 4.79 Å². The number of anilines is 1. The van der Waals surface area contributed by atoms with Crippen molar-refractivity contribution in [2.24, 2.45) is 0 Å². The SMILES string of the molecule is CCNCC(=O)N(C)c1ccc(C)cc1-c1nc2ccc(Cl)cc2[nH]1. The van der Waals surface area contributed by atoms with Crippen LogP contribution in [-0.2, 0) is 4.79 Å².